The Kier molecular flexibility index (Phi) is 3.60. The van der Waals surface area contributed by atoms with Gasteiger partial charge in [0.05, 0.1) is 5.92 Å². The molecule has 4 nitrogen and oxygen atoms in total. The highest BCUT2D eigenvalue weighted by Crippen LogP contribution is 2.44. The first kappa shape index (κ1) is 14.9. The van der Waals surface area contributed by atoms with E-state index in [4.69, 9.17) is 4.74 Å². The lowest BCUT2D eigenvalue weighted by Crippen LogP contribution is -2.52. The molecule has 24 heavy (non-hydrogen) atoms. The first-order chi connectivity index (χ1) is 11.6. The smallest absolute Gasteiger partial charge is 0.409 e. The van der Waals surface area contributed by atoms with Crippen LogP contribution in [0.5, 0.6) is 0 Å². The lowest BCUT2D eigenvalue weighted by atomic mass is 9.97. The highest BCUT2D eigenvalue weighted by molar-refractivity contribution is 5.82. The summed E-state index contributed by atoms with van der Waals surface area (Å²) >= 11 is 0. The molecule has 1 aliphatic carbocycles. The van der Waals surface area contributed by atoms with Crippen LogP contribution in [0.4, 0.5) is 4.79 Å². The van der Waals surface area contributed by atoms with E-state index in [1.54, 1.807) is 11.8 Å². The van der Waals surface area contributed by atoms with Gasteiger partial charge in [0.2, 0.25) is 0 Å². The molecule has 1 saturated heterocycles. The van der Waals surface area contributed by atoms with Gasteiger partial charge in [-0.1, -0.05) is 48.5 Å². The van der Waals surface area contributed by atoms with Crippen LogP contribution >= 0.6 is 0 Å². The Labute approximate surface area is 141 Å². The van der Waals surface area contributed by atoms with Crippen LogP contribution in [0.2, 0.25) is 0 Å². The summed E-state index contributed by atoms with van der Waals surface area (Å²) in [6.07, 6.45) is -0.325. The number of carbonyl (C=O) groups is 2. The molecule has 122 valence electrons. The Balaban J connectivity index is 1.47. The van der Waals surface area contributed by atoms with Gasteiger partial charge in [-0.25, -0.2) is 4.79 Å². The van der Waals surface area contributed by atoms with Crippen LogP contribution in [0.25, 0.3) is 11.1 Å². The average molecular weight is 321 g/mol. The third-order valence-corrected chi connectivity index (χ3v) is 5.05. The molecule has 1 heterocycles. The molecule has 2 aromatic carbocycles. The minimum Gasteiger partial charge on any atom is -0.448 e. The topological polar surface area (TPSA) is 46.6 Å². The van der Waals surface area contributed by atoms with Gasteiger partial charge in [0.25, 0.3) is 0 Å². The van der Waals surface area contributed by atoms with Gasteiger partial charge in [0.1, 0.15) is 12.4 Å². The maximum atomic E-state index is 12.2. The zero-order chi connectivity index (χ0) is 16.7. The van der Waals surface area contributed by atoms with Crippen molar-refractivity contribution in [2.75, 3.05) is 19.7 Å². The fourth-order valence-corrected chi connectivity index (χ4v) is 3.57. The van der Waals surface area contributed by atoms with Crippen LogP contribution in [0.1, 0.15) is 24.0 Å². The molecule has 1 amide bonds. The molecule has 2 aromatic rings. The van der Waals surface area contributed by atoms with E-state index in [0.29, 0.717) is 19.7 Å². The first-order valence-corrected chi connectivity index (χ1v) is 8.25. The van der Waals surface area contributed by atoms with Crippen molar-refractivity contribution in [1.29, 1.82) is 0 Å². The standard InChI is InChI=1S/C20H19NO3/c1-13(22)14-10-21(11-14)20(23)24-12-19-17-8-4-2-6-15(17)16-7-3-5-9-18(16)19/h2-9,14,19H,10-12H2,1H3. The Morgan fingerprint density at radius 1 is 1.00 bits per heavy atom. The molecule has 0 spiro atoms. The van der Waals surface area contributed by atoms with E-state index < -0.39 is 0 Å². The minimum atomic E-state index is -0.325. The van der Waals surface area contributed by atoms with Crippen molar-refractivity contribution in [2.24, 2.45) is 5.92 Å². The fourth-order valence-electron chi connectivity index (χ4n) is 3.57. The summed E-state index contributed by atoms with van der Waals surface area (Å²) in [6, 6.07) is 16.5. The third kappa shape index (κ3) is 2.39. The number of ketones is 1. The normalized spacial score (nSPS) is 16.3. The number of amides is 1. The van der Waals surface area contributed by atoms with Crippen molar-refractivity contribution < 1.29 is 14.3 Å². The van der Waals surface area contributed by atoms with Gasteiger partial charge in [0, 0.05) is 19.0 Å². The van der Waals surface area contributed by atoms with Crippen molar-refractivity contribution in [2.45, 2.75) is 12.8 Å². The molecule has 1 fully saturated rings. The number of rotatable bonds is 3. The second kappa shape index (κ2) is 5.78. The maximum Gasteiger partial charge on any atom is 0.409 e. The number of nitrogens with zero attached hydrogens (tertiary/aromatic N) is 1. The van der Waals surface area contributed by atoms with E-state index in [2.05, 4.69) is 24.3 Å². The molecule has 0 unspecified atom stereocenters. The van der Waals surface area contributed by atoms with E-state index >= 15 is 0 Å². The number of carbonyl (C=O) groups excluding carboxylic acids is 2. The van der Waals surface area contributed by atoms with Gasteiger partial charge in [-0.3, -0.25) is 4.79 Å². The molecule has 0 N–H and O–H groups in total. The summed E-state index contributed by atoms with van der Waals surface area (Å²) in [7, 11) is 0. The minimum absolute atomic E-state index is 0.0227. The highest BCUT2D eigenvalue weighted by Gasteiger charge is 2.35. The predicted octanol–water partition coefficient (Wildman–Crippen LogP) is 3.46. The summed E-state index contributed by atoms with van der Waals surface area (Å²) in [6.45, 7) is 2.85. The molecule has 0 aromatic heterocycles. The number of hydrogen-bond donors (Lipinski definition) is 0. The van der Waals surface area contributed by atoms with E-state index in [0.717, 1.165) is 0 Å². The van der Waals surface area contributed by atoms with Crippen molar-refractivity contribution in [3.05, 3.63) is 59.7 Å². The number of likely N-dealkylation sites (tertiary alicyclic amines) is 1. The van der Waals surface area contributed by atoms with E-state index in [9.17, 15) is 9.59 Å². The van der Waals surface area contributed by atoms with Crippen LogP contribution in [-0.4, -0.2) is 36.5 Å². The highest BCUT2D eigenvalue weighted by atomic mass is 16.6. The van der Waals surface area contributed by atoms with Crippen molar-refractivity contribution >= 4 is 11.9 Å². The van der Waals surface area contributed by atoms with Crippen LogP contribution in [-0.2, 0) is 9.53 Å². The lowest BCUT2D eigenvalue weighted by molar-refractivity contribution is -0.124. The van der Waals surface area contributed by atoms with Crippen molar-refractivity contribution in [3.63, 3.8) is 0 Å². The Bertz CT molecular complexity index is 763. The summed E-state index contributed by atoms with van der Waals surface area (Å²) < 4.78 is 5.55. The quantitative estimate of drug-likeness (QED) is 0.870. The van der Waals surface area contributed by atoms with E-state index in [1.165, 1.54) is 22.3 Å². The van der Waals surface area contributed by atoms with Crippen LogP contribution in [0.15, 0.2) is 48.5 Å². The molecule has 0 atom stereocenters. The molecule has 0 radical (unpaired) electrons. The number of benzene rings is 2. The summed E-state index contributed by atoms with van der Waals surface area (Å²) in [5.41, 5.74) is 4.85. The molecule has 0 bridgehead atoms. The van der Waals surface area contributed by atoms with E-state index in [1.807, 2.05) is 24.3 Å². The number of fused-ring (bicyclic) bond motifs is 3. The van der Waals surface area contributed by atoms with Crippen LogP contribution in [0, 0.1) is 5.92 Å². The first-order valence-electron chi connectivity index (χ1n) is 8.25. The second-order valence-electron chi connectivity index (χ2n) is 6.52. The number of Topliss-reactive ketones (excluding diaryl/α,β-unsaturated/α-hetero) is 1. The lowest BCUT2D eigenvalue weighted by Gasteiger charge is -2.36. The molecule has 4 heteroatoms. The van der Waals surface area contributed by atoms with Crippen LogP contribution in [0.3, 0.4) is 0 Å². The van der Waals surface area contributed by atoms with Gasteiger partial charge in [0.15, 0.2) is 0 Å². The Morgan fingerprint density at radius 2 is 1.54 bits per heavy atom. The van der Waals surface area contributed by atoms with Crippen molar-refractivity contribution in [1.82, 2.24) is 4.90 Å². The summed E-state index contributed by atoms with van der Waals surface area (Å²) in [5, 5.41) is 0. The molecule has 1 aliphatic heterocycles. The molecule has 0 saturated carbocycles. The SMILES string of the molecule is CC(=O)C1CN(C(=O)OCC2c3ccccc3-c3ccccc32)C1. The van der Waals surface area contributed by atoms with Crippen molar-refractivity contribution in [3.8, 4) is 11.1 Å². The van der Waals surface area contributed by atoms with Gasteiger partial charge >= 0.3 is 6.09 Å². The summed E-state index contributed by atoms with van der Waals surface area (Å²) in [4.78, 5) is 25.0. The monoisotopic (exact) mass is 321 g/mol. The van der Waals surface area contributed by atoms with Gasteiger partial charge in [-0.15, -0.1) is 0 Å². The van der Waals surface area contributed by atoms with E-state index in [-0.39, 0.29) is 23.7 Å². The molecule has 4 rings (SSSR count). The largest absolute Gasteiger partial charge is 0.448 e. The number of ether oxygens (including phenoxy) is 1. The molecule has 2 aliphatic rings. The zero-order valence-corrected chi connectivity index (χ0v) is 13.6. The maximum absolute atomic E-state index is 12.2. The Hall–Kier alpha value is -2.62. The number of hydrogen-bond acceptors (Lipinski definition) is 3. The van der Waals surface area contributed by atoms with Crippen LogP contribution < -0.4 is 0 Å². The predicted molar refractivity (Wildman–Crippen MR) is 90.8 cm³/mol. The third-order valence-electron chi connectivity index (χ3n) is 5.05. The van der Waals surface area contributed by atoms with Gasteiger partial charge < -0.3 is 9.64 Å². The van der Waals surface area contributed by atoms with Gasteiger partial charge in [-0.2, -0.15) is 0 Å². The average Bonchev–Trinajstić information content (AvgIpc) is 2.85. The fraction of sp³-hybridized carbons (Fsp3) is 0.300. The molecular weight excluding hydrogens is 302 g/mol. The Morgan fingerprint density at radius 3 is 2.08 bits per heavy atom. The summed E-state index contributed by atoms with van der Waals surface area (Å²) in [5.74, 6) is 0.189. The zero-order valence-electron chi connectivity index (χ0n) is 13.6. The second-order valence-corrected chi connectivity index (χ2v) is 6.52. The molecular formula is C20H19NO3. The van der Waals surface area contributed by atoms with Gasteiger partial charge in [-0.05, 0) is 29.2 Å².